The maximum Gasteiger partial charge on any atom is 0.387 e. The quantitative estimate of drug-likeness (QED) is 0.376. The highest BCUT2D eigenvalue weighted by Gasteiger charge is 2.10. The molecule has 0 aliphatic rings. The maximum atomic E-state index is 12.1. The van der Waals surface area contributed by atoms with Crippen molar-refractivity contribution < 1.29 is 21.9 Å². The van der Waals surface area contributed by atoms with Crippen LogP contribution in [0.3, 0.4) is 0 Å². The smallest absolute Gasteiger partial charge is 0.387 e. The van der Waals surface area contributed by atoms with Gasteiger partial charge in [-0.15, -0.1) is 0 Å². The van der Waals surface area contributed by atoms with Crippen LogP contribution >= 0.6 is 0 Å². The van der Waals surface area contributed by atoms with Crippen LogP contribution in [0.15, 0.2) is 24.3 Å². The number of benzene rings is 1. The summed E-state index contributed by atoms with van der Waals surface area (Å²) in [4.78, 5) is 0. The predicted molar refractivity (Wildman–Crippen MR) is 102 cm³/mol. The van der Waals surface area contributed by atoms with Crippen LogP contribution in [0.25, 0.3) is 0 Å². The molecule has 1 aromatic carbocycles. The minimum absolute atomic E-state index is 0.00218. The summed E-state index contributed by atoms with van der Waals surface area (Å²) in [5.74, 6) is 0.0661. The highest BCUT2D eigenvalue weighted by atomic mass is 32.2. The minimum Gasteiger partial charge on any atom is -0.435 e. The molecule has 0 spiro atoms. The predicted octanol–water partition coefficient (Wildman–Crippen LogP) is 5.95. The number of alkyl halides is 2. The number of hydrogen-bond donors (Lipinski definition) is 1. The third kappa shape index (κ3) is 11.3. The van der Waals surface area contributed by atoms with E-state index in [1.54, 1.807) is 0 Å². The monoisotopic (exact) mass is 391 g/mol. The van der Waals surface area contributed by atoms with Crippen molar-refractivity contribution >= 4 is 15.7 Å². The van der Waals surface area contributed by atoms with E-state index in [1.807, 2.05) is 0 Å². The molecule has 1 N–H and O–H groups in total. The Morgan fingerprint density at radius 1 is 0.885 bits per heavy atom. The van der Waals surface area contributed by atoms with Crippen LogP contribution in [-0.4, -0.2) is 20.8 Å². The standard InChI is InChI=1S/C19H31F2NO3S/c1-2-3-4-5-6-7-8-9-10-11-16-26(23,24)22-17-12-14-18(15-13-17)25-19(20)21/h12-15,19,22H,2-11,16H2,1H3. The molecule has 1 rings (SSSR count). The molecule has 0 saturated heterocycles. The average molecular weight is 392 g/mol. The van der Waals surface area contributed by atoms with Gasteiger partial charge in [0.2, 0.25) is 10.0 Å². The molecule has 0 fully saturated rings. The Balaban J connectivity index is 2.16. The molecule has 0 amide bonds. The number of rotatable bonds is 15. The number of unbranched alkanes of at least 4 members (excludes halogenated alkanes) is 9. The van der Waals surface area contributed by atoms with Crippen molar-refractivity contribution in [3.8, 4) is 5.75 Å². The highest BCUT2D eigenvalue weighted by molar-refractivity contribution is 7.92. The summed E-state index contributed by atoms with van der Waals surface area (Å²) in [6.07, 6.45) is 11.4. The summed E-state index contributed by atoms with van der Waals surface area (Å²) in [5, 5.41) is 0. The molecule has 7 heteroatoms. The van der Waals surface area contributed by atoms with Crippen LogP contribution in [-0.2, 0) is 10.0 Å². The fourth-order valence-corrected chi connectivity index (χ4v) is 3.90. The summed E-state index contributed by atoms with van der Waals surface area (Å²) in [6, 6.07) is 5.44. The van der Waals surface area contributed by atoms with E-state index in [2.05, 4.69) is 16.4 Å². The van der Waals surface area contributed by atoms with E-state index in [0.717, 1.165) is 19.3 Å². The van der Waals surface area contributed by atoms with E-state index in [0.29, 0.717) is 12.1 Å². The Hall–Kier alpha value is -1.37. The highest BCUT2D eigenvalue weighted by Crippen LogP contribution is 2.19. The van der Waals surface area contributed by atoms with Crippen LogP contribution < -0.4 is 9.46 Å². The molecule has 0 aliphatic carbocycles. The van der Waals surface area contributed by atoms with Gasteiger partial charge in [0, 0.05) is 5.69 Å². The molecular weight excluding hydrogens is 360 g/mol. The number of anilines is 1. The number of sulfonamides is 1. The van der Waals surface area contributed by atoms with Crippen molar-refractivity contribution in [1.82, 2.24) is 0 Å². The lowest BCUT2D eigenvalue weighted by molar-refractivity contribution is -0.0498. The lowest BCUT2D eigenvalue weighted by Gasteiger charge is -2.09. The molecule has 0 bridgehead atoms. The second-order valence-corrected chi connectivity index (χ2v) is 8.35. The Labute approximate surface area is 156 Å². The van der Waals surface area contributed by atoms with Gasteiger partial charge < -0.3 is 4.74 Å². The third-order valence-corrected chi connectivity index (χ3v) is 5.49. The molecule has 150 valence electrons. The van der Waals surface area contributed by atoms with Gasteiger partial charge in [0.1, 0.15) is 5.75 Å². The fourth-order valence-electron chi connectivity index (χ4n) is 2.71. The first kappa shape index (κ1) is 22.7. The molecule has 0 aromatic heterocycles. The lowest BCUT2D eigenvalue weighted by Crippen LogP contribution is -2.16. The molecule has 26 heavy (non-hydrogen) atoms. The van der Waals surface area contributed by atoms with Crippen LogP contribution in [0.4, 0.5) is 14.5 Å². The summed E-state index contributed by atoms with van der Waals surface area (Å²) in [7, 11) is -3.42. The van der Waals surface area contributed by atoms with Crippen LogP contribution in [0.5, 0.6) is 5.75 Å². The fraction of sp³-hybridized carbons (Fsp3) is 0.684. The van der Waals surface area contributed by atoms with Crippen molar-refractivity contribution in [3.05, 3.63) is 24.3 Å². The molecule has 1 aromatic rings. The zero-order chi connectivity index (χ0) is 19.3. The average Bonchev–Trinajstić information content (AvgIpc) is 2.57. The summed E-state index contributed by atoms with van der Waals surface area (Å²) < 4.78 is 54.9. The van der Waals surface area contributed by atoms with Gasteiger partial charge in [-0.05, 0) is 30.7 Å². The SMILES string of the molecule is CCCCCCCCCCCCS(=O)(=O)Nc1ccc(OC(F)F)cc1. The van der Waals surface area contributed by atoms with Crippen molar-refractivity contribution in [2.75, 3.05) is 10.5 Å². The first-order chi connectivity index (χ1) is 12.4. The molecular formula is C19H31F2NO3S. The van der Waals surface area contributed by atoms with E-state index in [1.165, 1.54) is 62.8 Å². The van der Waals surface area contributed by atoms with Gasteiger partial charge >= 0.3 is 6.61 Å². The van der Waals surface area contributed by atoms with Gasteiger partial charge in [-0.25, -0.2) is 8.42 Å². The first-order valence-electron chi connectivity index (χ1n) is 9.48. The Morgan fingerprint density at radius 2 is 1.38 bits per heavy atom. The van der Waals surface area contributed by atoms with Gasteiger partial charge in [-0.1, -0.05) is 64.7 Å². The third-order valence-electron chi connectivity index (χ3n) is 4.12. The number of ether oxygens (including phenoxy) is 1. The zero-order valence-corrected chi connectivity index (χ0v) is 16.4. The van der Waals surface area contributed by atoms with Gasteiger partial charge in [0.25, 0.3) is 0 Å². The molecule has 0 heterocycles. The van der Waals surface area contributed by atoms with Gasteiger partial charge in [-0.3, -0.25) is 4.72 Å². The zero-order valence-electron chi connectivity index (χ0n) is 15.6. The van der Waals surface area contributed by atoms with Gasteiger partial charge in [0.05, 0.1) is 5.75 Å². The topological polar surface area (TPSA) is 55.4 Å². The van der Waals surface area contributed by atoms with Crippen LogP contribution in [0.1, 0.15) is 71.1 Å². The first-order valence-corrected chi connectivity index (χ1v) is 11.1. The van der Waals surface area contributed by atoms with Gasteiger partial charge in [0.15, 0.2) is 0 Å². The van der Waals surface area contributed by atoms with E-state index in [9.17, 15) is 17.2 Å². The van der Waals surface area contributed by atoms with E-state index in [4.69, 9.17) is 0 Å². The van der Waals surface area contributed by atoms with E-state index >= 15 is 0 Å². The number of hydrogen-bond acceptors (Lipinski definition) is 3. The second kappa shape index (κ2) is 12.9. The number of nitrogens with one attached hydrogen (secondary N) is 1. The normalized spacial score (nSPS) is 11.7. The van der Waals surface area contributed by atoms with E-state index < -0.39 is 16.6 Å². The maximum absolute atomic E-state index is 12.1. The second-order valence-electron chi connectivity index (χ2n) is 6.51. The van der Waals surface area contributed by atoms with Crippen LogP contribution in [0, 0.1) is 0 Å². The van der Waals surface area contributed by atoms with Crippen molar-refractivity contribution in [3.63, 3.8) is 0 Å². The minimum atomic E-state index is -3.42. The molecule has 4 nitrogen and oxygen atoms in total. The van der Waals surface area contributed by atoms with Gasteiger partial charge in [-0.2, -0.15) is 8.78 Å². The summed E-state index contributed by atoms with van der Waals surface area (Å²) in [6.45, 7) is -0.686. The molecule has 0 radical (unpaired) electrons. The Kier molecular flexibility index (Phi) is 11.2. The van der Waals surface area contributed by atoms with Crippen molar-refractivity contribution in [2.45, 2.75) is 77.7 Å². The summed E-state index contributed by atoms with van der Waals surface area (Å²) >= 11 is 0. The molecule has 0 unspecified atom stereocenters. The Bertz CT molecular complexity index is 577. The van der Waals surface area contributed by atoms with Crippen LogP contribution in [0.2, 0.25) is 0 Å². The summed E-state index contributed by atoms with van der Waals surface area (Å²) in [5.41, 5.74) is 0.346. The van der Waals surface area contributed by atoms with Crippen molar-refractivity contribution in [2.24, 2.45) is 0 Å². The molecule has 0 saturated carbocycles. The molecule has 0 atom stereocenters. The lowest BCUT2D eigenvalue weighted by atomic mass is 10.1. The Morgan fingerprint density at radius 3 is 1.88 bits per heavy atom. The molecule has 0 aliphatic heterocycles. The van der Waals surface area contributed by atoms with E-state index in [-0.39, 0.29) is 11.5 Å². The largest absolute Gasteiger partial charge is 0.435 e. The van der Waals surface area contributed by atoms with Crippen molar-refractivity contribution in [1.29, 1.82) is 0 Å². The number of halogens is 2.